The number of hydrogen-bond acceptors (Lipinski definition) is 5. The van der Waals surface area contributed by atoms with E-state index in [2.05, 4.69) is 10.3 Å². The summed E-state index contributed by atoms with van der Waals surface area (Å²) in [5.74, 6) is 1.58. The molecule has 6 heteroatoms. The van der Waals surface area contributed by atoms with E-state index < -0.39 is 0 Å². The van der Waals surface area contributed by atoms with Crippen molar-refractivity contribution in [2.24, 2.45) is 17.8 Å². The molecule has 1 aromatic heterocycles. The second kappa shape index (κ2) is 6.44. The topological polar surface area (TPSA) is 60.5 Å². The minimum absolute atomic E-state index is 0.0779. The molecule has 4 saturated carbocycles. The summed E-state index contributed by atoms with van der Waals surface area (Å²) in [4.78, 5) is 16.3. The van der Waals surface area contributed by atoms with Gasteiger partial charge in [0.15, 0.2) is 0 Å². The Hall–Kier alpha value is -1.33. The standard InChI is InChI=1S/C19H25ClN2O3/c1-3-25-18(23)14-10-21-16(20)6-15(14)22-17-12-4-11-5-13(17)9-19(7-11,8-12)24-2/h6,10-13,17H,3-5,7-9H2,1-2H3,(H,21,22)/t11?,12-,13+,17-,19-. The van der Waals surface area contributed by atoms with Crippen LogP contribution in [0.4, 0.5) is 5.69 Å². The van der Waals surface area contributed by atoms with Crippen molar-refractivity contribution in [2.45, 2.75) is 50.7 Å². The van der Waals surface area contributed by atoms with Crippen LogP contribution in [0.1, 0.15) is 49.4 Å². The quantitative estimate of drug-likeness (QED) is 0.634. The van der Waals surface area contributed by atoms with Crippen LogP contribution in [0.25, 0.3) is 0 Å². The van der Waals surface area contributed by atoms with Crippen molar-refractivity contribution in [3.05, 3.63) is 23.0 Å². The molecule has 136 valence electrons. The van der Waals surface area contributed by atoms with Crippen LogP contribution in [0.2, 0.25) is 5.15 Å². The number of nitrogens with zero attached hydrogens (tertiary/aromatic N) is 1. The summed E-state index contributed by atoms with van der Waals surface area (Å²) < 4.78 is 11.1. The molecule has 5 nitrogen and oxygen atoms in total. The Balaban J connectivity index is 1.59. The fourth-order valence-corrected chi connectivity index (χ4v) is 5.69. The van der Waals surface area contributed by atoms with Gasteiger partial charge in [0, 0.05) is 19.3 Å². The fourth-order valence-electron chi connectivity index (χ4n) is 5.54. The fraction of sp³-hybridized carbons (Fsp3) is 0.684. The van der Waals surface area contributed by atoms with E-state index in [0.717, 1.165) is 24.4 Å². The van der Waals surface area contributed by atoms with E-state index in [0.29, 0.717) is 35.2 Å². The predicted octanol–water partition coefficient (Wildman–Crippen LogP) is 3.92. The monoisotopic (exact) mass is 364 g/mol. The third kappa shape index (κ3) is 3.02. The van der Waals surface area contributed by atoms with E-state index in [4.69, 9.17) is 21.1 Å². The van der Waals surface area contributed by atoms with Gasteiger partial charge in [0.25, 0.3) is 0 Å². The molecule has 4 aliphatic rings. The van der Waals surface area contributed by atoms with E-state index in [1.165, 1.54) is 25.5 Å². The Kier molecular flexibility index (Phi) is 4.40. The maximum atomic E-state index is 12.3. The van der Waals surface area contributed by atoms with Gasteiger partial charge in [-0.2, -0.15) is 0 Å². The molecule has 0 spiro atoms. The number of methoxy groups -OCH3 is 1. The molecule has 0 saturated heterocycles. The summed E-state index contributed by atoms with van der Waals surface area (Å²) >= 11 is 6.09. The molecule has 1 N–H and O–H groups in total. The number of carbonyl (C=O) groups is 1. The van der Waals surface area contributed by atoms with E-state index in [1.807, 2.05) is 7.11 Å². The SMILES string of the molecule is CCOC(=O)c1cnc(Cl)cc1N[C@@H]1[C@@H]2CC3C[C@H]1C[C@@](OC)(C3)C2. The second-order valence-corrected chi connectivity index (χ2v) is 8.19. The van der Waals surface area contributed by atoms with Gasteiger partial charge in [-0.3, -0.25) is 0 Å². The van der Waals surface area contributed by atoms with Crippen molar-refractivity contribution >= 4 is 23.3 Å². The lowest BCUT2D eigenvalue weighted by Crippen LogP contribution is -2.59. The molecule has 25 heavy (non-hydrogen) atoms. The molecule has 0 amide bonds. The zero-order valence-corrected chi connectivity index (χ0v) is 15.5. The number of nitrogens with one attached hydrogen (secondary N) is 1. The molecular formula is C19H25ClN2O3. The van der Waals surface area contributed by atoms with Crippen LogP contribution in [-0.2, 0) is 9.47 Å². The average molecular weight is 365 g/mol. The number of aromatic nitrogens is 1. The summed E-state index contributed by atoms with van der Waals surface area (Å²) in [6.07, 6.45) is 7.40. The average Bonchev–Trinajstić information content (AvgIpc) is 2.58. The molecular weight excluding hydrogens is 340 g/mol. The van der Waals surface area contributed by atoms with Crippen LogP contribution in [0.5, 0.6) is 0 Å². The first-order valence-corrected chi connectivity index (χ1v) is 9.55. The molecule has 1 heterocycles. The number of anilines is 1. The first-order valence-electron chi connectivity index (χ1n) is 9.18. The van der Waals surface area contributed by atoms with Gasteiger partial charge in [-0.15, -0.1) is 0 Å². The summed E-state index contributed by atoms with van der Waals surface area (Å²) in [6, 6.07) is 2.09. The van der Waals surface area contributed by atoms with Crippen molar-refractivity contribution in [3.63, 3.8) is 0 Å². The van der Waals surface area contributed by atoms with Crippen LogP contribution in [0, 0.1) is 17.8 Å². The number of halogens is 1. The largest absolute Gasteiger partial charge is 0.462 e. The van der Waals surface area contributed by atoms with Gasteiger partial charge in [0.05, 0.1) is 17.9 Å². The van der Waals surface area contributed by atoms with Crippen LogP contribution >= 0.6 is 11.6 Å². The Labute approximate surface area is 153 Å². The number of rotatable bonds is 5. The van der Waals surface area contributed by atoms with Crippen LogP contribution in [0.3, 0.4) is 0 Å². The molecule has 5 atom stereocenters. The Morgan fingerprint density at radius 1 is 1.36 bits per heavy atom. The van der Waals surface area contributed by atoms with Gasteiger partial charge in [-0.05, 0) is 62.8 Å². The normalized spacial score (nSPS) is 35.6. The Morgan fingerprint density at radius 2 is 2.08 bits per heavy atom. The Bertz CT molecular complexity index is 665. The lowest BCUT2D eigenvalue weighted by Gasteiger charge is -2.59. The molecule has 5 rings (SSSR count). The highest BCUT2D eigenvalue weighted by molar-refractivity contribution is 6.29. The summed E-state index contributed by atoms with van der Waals surface area (Å²) in [5.41, 5.74) is 1.28. The third-order valence-electron chi connectivity index (χ3n) is 6.34. The number of esters is 1. The van der Waals surface area contributed by atoms with Gasteiger partial charge in [-0.1, -0.05) is 11.6 Å². The number of pyridine rings is 1. The number of ether oxygens (including phenoxy) is 2. The van der Waals surface area contributed by atoms with E-state index in [-0.39, 0.29) is 11.6 Å². The zero-order chi connectivity index (χ0) is 17.6. The van der Waals surface area contributed by atoms with E-state index in [9.17, 15) is 4.79 Å². The van der Waals surface area contributed by atoms with Crippen molar-refractivity contribution in [2.75, 3.05) is 19.0 Å². The highest BCUT2D eigenvalue weighted by atomic mass is 35.5. The summed E-state index contributed by atoms with van der Waals surface area (Å²) in [6.45, 7) is 2.14. The van der Waals surface area contributed by atoms with Gasteiger partial charge >= 0.3 is 5.97 Å². The number of hydrogen-bond donors (Lipinski definition) is 1. The van der Waals surface area contributed by atoms with Crippen molar-refractivity contribution in [3.8, 4) is 0 Å². The molecule has 4 fully saturated rings. The van der Waals surface area contributed by atoms with Crippen LogP contribution in [0.15, 0.2) is 12.3 Å². The summed E-state index contributed by atoms with van der Waals surface area (Å²) in [7, 11) is 1.86. The Morgan fingerprint density at radius 3 is 2.72 bits per heavy atom. The lowest BCUT2D eigenvalue weighted by molar-refractivity contribution is -0.149. The number of carbonyl (C=O) groups excluding carboxylic acids is 1. The van der Waals surface area contributed by atoms with E-state index in [1.54, 1.807) is 13.0 Å². The maximum absolute atomic E-state index is 12.3. The van der Waals surface area contributed by atoms with Crippen molar-refractivity contribution < 1.29 is 14.3 Å². The first-order chi connectivity index (χ1) is 12.0. The second-order valence-electron chi connectivity index (χ2n) is 7.80. The summed E-state index contributed by atoms with van der Waals surface area (Å²) in [5, 5.41) is 4.02. The predicted molar refractivity (Wildman–Crippen MR) is 95.9 cm³/mol. The van der Waals surface area contributed by atoms with Crippen molar-refractivity contribution in [1.29, 1.82) is 0 Å². The molecule has 0 aliphatic heterocycles. The first kappa shape index (κ1) is 17.1. The van der Waals surface area contributed by atoms with Crippen LogP contribution < -0.4 is 5.32 Å². The van der Waals surface area contributed by atoms with E-state index >= 15 is 0 Å². The molecule has 4 aliphatic carbocycles. The van der Waals surface area contributed by atoms with Gasteiger partial charge in [-0.25, -0.2) is 9.78 Å². The third-order valence-corrected chi connectivity index (χ3v) is 6.54. The molecule has 1 unspecified atom stereocenters. The lowest BCUT2D eigenvalue weighted by atomic mass is 9.52. The highest BCUT2D eigenvalue weighted by Gasteiger charge is 2.55. The van der Waals surface area contributed by atoms with Gasteiger partial charge in [0.1, 0.15) is 10.7 Å². The van der Waals surface area contributed by atoms with Gasteiger partial charge < -0.3 is 14.8 Å². The van der Waals surface area contributed by atoms with Crippen LogP contribution in [-0.4, -0.2) is 36.3 Å². The smallest absolute Gasteiger partial charge is 0.341 e. The minimum atomic E-state index is -0.355. The molecule has 4 bridgehead atoms. The maximum Gasteiger partial charge on any atom is 0.341 e. The molecule has 0 aromatic carbocycles. The van der Waals surface area contributed by atoms with Gasteiger partial charge in [0.2, 0.25) is 0 Å². The molecule has 0 radical (unpaired) electrons. The van der Waals surface area contributed by atoms with Crippen molar-refractivity contribution in [1.82, 2.24) is 4.98 Å². The minimum Gasteiger partial charge on any atom is -0.462 e. The zero-order valence-electron chi connectivity index (χ0n) is 14.8. The molecule has 1 aromatic rings. The highest BCUT2D eigenvalue weighted by Crippen LogP contribution is 2.57.